The Kier molecular flexibility index (Phi) is 5.24. The minimum atomic E-state index is -0.432. The number of fused-ring (bicyclic) bond motifs is 3. The molecule has 0 saturated carbocycles. The van der Waals surface area contributed by atoms with E-state index in [0.717, 1.165) is 6.42 Å². The minimum Gasteiger partial charge on any atom is -0.497 e. The molecule has 5 rings (SSSR count). The summed E-state index contributed by atoms with van der Waals surface area (Å²) in [5, 5.41) is 1.02. The topological polar surface area (TPSA) is 91.7 Å². The average molecular weight is 455 g/mol. The normalized spacial score (nSPS) is 11.5. The van der Waals surface area contributed by atoms with E-state index in [1.54, 1.807) is 43.5 Å². The molecule has 1 aromatic heterocycles. The number of aromatic nitrogens is 1. The minimum absolute atomic E-state index is 0.122. The van der Waals surface area contributed by atoms with Crippen molar-refractivity contribution in [2.75, 3.05) is 7.11 Å². The van der Waals surface area contributed by atoms with Gasteiger partial charge in [0.1, 0.15) is 17.2 Å². The van der Waals surface area contributed by atoms with E-state index in [4.69, 9.17) is 9.47 Å². The summed E-state index contributed by atoms with van der Waals surface area (Å²) >= 11 is 0. The van der Waals surface area contributed by atoms with Crippen molar-refractivity contribution in [3.63, 3.8) is 0 Å². The van der Waals surface area contributed by atoms with E-state index in [9.17, 15) is 19.2 Å². The molecular weight excluding hydrogens is 434 g/mol. The molecule has 0 atom stereocenters. The molecule has 4 aromatic carbocycles. The average Bonchev–Trinajstić information content (AvgIpc) is 3.09. The number of nitrogens with zero attached hydrogens (tertiary/aromatic N) is 1. The van der Waals surface area contributed by atoms with Crippen molar-refractivity contribution in [1.82, 2.24) is 4.57 Å². The first-order chi connectivity index (χ1) is 16.4. The van der Waals surface area contributed by atoms with Crippen molar-refractivity contribution in [3.05, 3.63) is 95.8 Å². The van der Waals surface area contributed by atoms with Crippen LogP contribution in [0.2, 0.25) is 0 Å². The van der Waals surface area contributed by atoms with E-state index in [1.807, 2.05) is 6.92 Å². The summed E-state index contributed by atoms with van der Waals surface area (Å²) in [5.74, 6) is 1.63. The molecule has 0 aliphatic carbocycles. The SMILES string of the molecule is CCCCn1c(=O)c2cc3c(=O)c4ccc(Oc5ccc(OC)cc5)cc4c(=O)c3cc2c1=O. The standard InChI is InChI=1S/C27H21NO6/c1-3-4-11-28-26(31)22-13-20-21(14-23(22)27(28)32)25(30)19-12-17(9-10-18(19)24(20)29)34-16-7-5-15(33-2)6-8-16/h5-10,12-14H,3-4,11H2,1-2H3. The van der Waals surface area contributed by atoms with Crippen LogP contribution in [0.1, 0.15) is 19.8 Å². The summed E-state index contributed by atoms with van der Waals surface area (Å²) in [6.07, 6.45) is 1.52. The number of benzene rings is 4. The third-order valence-corrected chi connectivity index (χ3v) is 6.11. The van der Waals surface area contributed by atoms with Gasteiger partial charge < -0.3 is 9.47 Å². The summed E-state index contributed by atoms with van der Waals surface area (Å²) in [5.41, 5.74) is -1.61. The first kappa shape index (κ1) is 21.6. The van der Waals surface area contributed by atoms with Gasteiger partial charge in [0.2, 0.25) is 0 Å². The molecule has 0 unspecified atom stereocenters. The van der Waals surface area contributed by atoms with Crippen molar-refractivity contribution in [2.24, 2.45) is 0 Å². The maximum atomic E-state index is 13.3. The summed E-state index contributed by atoms with van der Waals surface area (Å²) in [7, 11) is 1.57. The van der Waals surface area contributed by atoms with Crippen LogP contribution in [0.4, 0.5) is 0 Å². The Morgan fingerprint density at radius 1 is 0.647 bits per heavy atom. The van der Waals surface area contributed by atoms with Crippen LogP contribution in [0.3, 0.4) is 0 Å². The molecule has 7 heteroatoms. The summed E-state index contributed by atoms with van der Waals surface area (Å²) in [4.78, 5) is 52.2. The van der Waals surface area contributed by atoms with Crippen LogP contribution in [0, 0.1) is 0 Å². The second kappa shape index (κ2) is 8.26. The molecule has 0 bridgehead atoms. The van der Waals surface area contributed by atoms with Crippen molar-refractivity contribution in [1.29, 1.82) is 0 Å². The van der Waals surface area contributed by atoms with Crippen LogP contribution in [0.15, 0.2) is 73.8 Å². The quantitative estimate of drug-likeness (QED) is 0.361. The van der Waals surface area contributed by atoms with Gasteiger partial charge >= 0.3 is 0 Å². The highest BCUT2D eigenvalue weighted by Gasteiger charge is 2.18. The lowest BCUT2D eigenvalue weighted by atomic mass is 10.00. The summed E-state index contributed by atoms with van der Waals surface area (Å²) in [6.45, 7) is 2.28. The molecule has 0 saturated heterocycles. The Hall–Kier alpha value is -4.26. The van der Waals surface area contributed by atoms with Crippen LogP contribution in [-0.2, 0) is 6.54 Å². The number of hydrogen-bond acceptors (Lipinski definition) is 6. The van der Waals surface area contributed by atoms with Crippen molar-refractivity contribution < 1.29 is 9.47 Å². The Labute approximate surface area is 193 Å². The predicted molar refractivity (Wildman–Crippen MR) is 132 cm³/mol. The second-order valence-electron chi connectivity index (χ2n) is 8.20. The molecule has 0 spiro atoms. The number of ether oxygens (including phenoxy) is 2. The molecule has 0 amide bonds. The van der Waals surface area contributed by atoms with Gasteiger partial charge in [-0.1, -0.05) is 13.3 Å². The first-order valence-corrected chi connectivity index (χ1v) is 11.0. The second-order valence-corrected chi connectivity index (χ2v) is 8.20. The van der Waals surface area contributed by atoms with E-state index < -0.39 is 11.1 Å². The number of unbranched alkanes of at least 4 members (excludes halogenated alkanes) is 1. The smallest absolute Gasteiger partial charge is 0.261 e. The highest BCUT2D eigenvalue weighted by Crippen LogP contribution is 2.26. The third-order valence-electron chi connectivity index (χ3n) is 6.11. The number of methoxy groups -OCH3 is 1. The Bertz CT molecular complexity index is 1770. The fourth-order valence-electron chi connectivity index (χ4n) is 4.27. The van der Waals surface area contributed by atoms with Gasteiger partial charge in [0.25, 0.3) is 11.1 Å². The summed E-state index contributed by atoms with van der Waals surface area (Å²) < 4.78 is 12.2. The first-order valence-electron chi connectivity index (χ1n) is 11.0. The molecular formula is C27H21NO6. The Morgan fingerprint density at radius 3 is 1.76 bits per heavy atom. The fourth-order valence-corrected chi connectivity index (χ4v) is 4.27. The molecule has 0 N–H and O–H groups in total. The van der Waals surface area contributed by atoms with Gasteiger partial charge in [-0.05, 0) is 61.0 Å². The highest BCUT2D eigenvalue weighted by molar-refractivity contribution is 6.04. The zero-order valence-electron chi connectivity index (χ0n) is 18.7. The molecule has 0 fully saturated rings. The van der Waals surface area contributed by atoms with Crippen LogP contribution >= 0.6 is 0 Å². The third kappa shape index (κ3) is 3.37. The molecule has 1 heterocycles. The van der Waals surface area contributed by atoms with Crippen molar-refractivity contribution in [2.45, 2.75) is 26.3 Å². The number of hydrogen-bond donors (Lipinski definition) is 0. The fraction of sp³-hybridized carbons (Fsp3) is 0.185. The van der Waals surface area contributed by atoms with Crippen molar-refractivity contribution in [3.8, 4) is 17.2 Å². The van der Waals surface area contributed by atoms with Crippen LogP contribution in [0.5, 0.6) is 17.2 Å². The zero-order chi connectivity index (χ0) is 24.0. The van der Waals surface area contributed by atoms with Gasteiger partial charge in [-0.2, -0.15) is 0 Å². The molecule has 170 valence electrons. The van der Waals surface area contributed by atoms with Gasteiger partial charge in [-0.25, -0.2) is 0 Å². The summed E-state index contributed by atoms with van der Waals surface area (Å²) in [6, 6.07) is 14.4. The van der Waals surface area contributed by atoms with E-state index in [0.29, 0.717) is 30.2 Å². The maximum Gasteiger partial charge on any atom is 0.261 e. The van der Waals surface area contributed by atoms with Gasteiger partial charge in [0.05, 0.1) is 17.9 Å². The van der Waals surface area contributed by atoms with Crippen molar-refractivity contribution >= 4 is 32.3 Å². The van der Waals surface area contributed by atoms with Crippen LogP contribution in [-0.4, -0.2) is 11.7 Å². The Balaban J connectivity index is 1.69. The molecule has 5 aromatic rings. The highest BCUT2D eigenvalue weighted by atomic mass is 16.5. The van der Waals surface area contributed by atoms with Crippen LogP contribution < -0.4 is 31.4 Å². The van der Waals surface area contributed by atoms with Gasteiger partial charge in [-0.15, -0.1) is 0 Å². The lowest BCUT2D eigenvalue weighted by molar-refractivity contribution is 0.413. The van der Waals surface area contributed by atoms with Gasteiger partial charge in [-0.3, -0.25) is 23.7 Å². The lowest BCUT2D eigenvalue weighted by Gasteiger charge is -2.08. The molecule has 0 aliphatic heterocycles. The molecule has 0 radical (unpaired) electrons. The lowest BCUT2D eigenvalue weighted by Crippen LogP contribution is -2.25. The van der Waals surface area contributed by atoms with Crippen LogP contribution in [0.25, 0.3) is 32.3 Å². The number of rotatable bonds is 6. The van der Waals surface area contributed by atoms with E-state index in [-0.39, 0.29) is 43.2 Å². The Morgan fingerprint density at radius 2 is 1.18 bits per heavy atom. The largest absolute Gasteiger partial charge is 0.497 e. The van der Waals surface area contributed by atoms with E-state index in [2.05, 4.69) is 0 Å². The molecule has 7 nitrogen and oxygen atoms in total. The van der Waals surface area contributed by atoms with E-state index in [1.165, 1.54) is 22.8 Å². The maximum absolute atomic E-state index is 13.3. The monoisotopic (exact) mass is 455 g/mol. The predicted octanol–water partition coefficient (Wildman–Crippen LogP) is 3.87. The van der Waals surface area contributed by atoms with Gasteiger partial charge in [0.15, 0.2) is 10.9 Å². The zero-order valence-corrected chi connectivity index (χ0v) is 18.7. The van der Waals surface area contributed by atoms with E-state index >= 15 is 0 Å². The molecule has 34 heavy (non-hydrogen) atoms. The molecule has 0 aliphatic rings. The van der Waals surface area contributed by atoms with Gasteiger partial charge in [0, 0.05) is 28.1 Å².